The van der Waals surface area contributed by atoms with Crippen molar-refractivity contribution in [3.63, 3.8) is 0 Å². The summed E-state index contributed by atoms with van der Waals surface area (Å²) >= 11 is 0. The first-order valence-electron chi connectivity index (χ1n) is 6.75. The molecule has 21 heavy (non-hydrogen) atoms. The number of anilines is 3. The molecule has 8 heteroatoms. The highest BCUT2D eigenvalue weighted by molar-refractivity contribution is 5.85. The fourth-order valence-electron chi connectivity index (χ4n) is 1.33. The van der Waals surface area contributed by atoms with Crippen LogP contribution in [0.2, 0.25) is 0 Å². The number of nitrogens with one attached hydrogen (secondary N) is 2. The summed E-state index contributed by atoms with van der Waals surface area (Å²) in [5.41, 5.74) is 0. The molecule has 0 aliphatic rings. The minimum atomic E-state index is 0. The van der Waals surface area contributed by atoms with Crippen molar-refractivity contribution in [1.29, 1.82) is 0 Å². The standard InChI is InChI=1S/C13H22N6O.ClH/c1-5-8-14-11-16-12(15-9-6-2)18-13(17-11)19(4)20-10-7-3;/h3H,5-6,8-10H2,1-2,4H3,(H2,14,15,16,17,18);1H. The summed E-state index contributed by atoms with van der Waals surface area (Å²) in [6.07, 6.45) is 7.14. The maximum atomic E-state index is 5.29. The van der Waals surface area contributed by atoms with E-state index in [2.05, 4.69) is 45.4 Å². The van der Waals surface area contributed by atoms with Crippen LogP contribution >= 0.6 is 12.4 Å². The van der Waals surface area contributed by atoms with Crippen LogP contribution in [-0.2, 0) is 4.84 Å². The molecule has 0 spiro atoms. The summed E-state index contributed by atoms with van der Waals surface area (Å²) in [5, 5.41) is 7.72. The lowest BCUT2D eigenvalue weighted by Crippen LogP contribution is -2.22. The minimum Gasteiger partial charge on any atom is -0.354 e. The highest BCUT2D eigenvalue weighted by Crippen LogP contribution is 2.12. The summed E-state index contributed by atoms with van der Waals surface area (Å²) in [6.45, 7) is 5.91. The highest BCUT2D eigenvalue weighted by atomic mass is 35.5. The monoisotopic (exact) mass is 314 g/mol. The van der Waals surface area contributed by atoms with Gasteiger partial charge in [0.05, 0.1) is 0 Å². The van der Waals surface area contributed by atoms with Gasteiger partial charge in [-0.25, -0.2) is 5.06 Å². The van der Waals surface area contributed by atoms with Crippen molar-refractivity contribution in [1.82, 2.24) is 15.0 Å². The number of hydroxylamine groups is 1. The van der Waals surface area contributed by atoms with Gasteiger partial charge in [0.1, 0.15) is 6.61 Å². The van der Waals surface area contributed by atoms with Gasteiger partial charge in [-0.15, -0.1) is 18.8 Å². The third-order valence-corrected chi connectivity index (χ3v) is 2.31. The van der Waals surface area contributed by atoms with Crippen molar-refractivity contribution in [2.45, 2.75) is 26.7 Å². The van der Waals surface area contributed by atoms with E-state index in [-0.39, 0.29) is 19.0 Å². The molecule has 1 aromatic rings. The van der Waals surface area contributed by atoms with Crippen LogP contribution in [0.15, 0.2) is 0 Å². The minimum absolute atomic E-state index is 0. The zero-order valence-corrected chi connectivity index (χ0v) is 13.5. The van der Waals surface area contributed by atoms with Crippen molar-refractivity contribution >= 4 is 30.3 Å². The van der Waals surface area contributed by atoms with E-state index in [1.165, 1.54) is 5.06 Å². The van der Waals surface area contributed by atoms with Gasteiger partial charge in [-0.3, -0.25) is 4.84 Å². The molecule has 0 saturated heterocycles. The third kappa shape index (κ3) is 6.97. The molecule has 0 bridgehead atoms. The van der Waals surface area contributed by atoms with Crippen LogP contribution in [0.4, 0.5) is 17.8 Å². The molecule has 0 aliphatic carbocycles. The summed E-state index contributed by atoms with van der Waals surface area (Å²) < 4.78 is 0. The maximum absolute atomic E-state index is 5.29. The summed E-state index contributed by atoms with van der Waals surface area (Å²) in [5.74, 6) is 3.85. The molecule has 0 atom stereocenters. The molecule has 1 rings (SSSR count). The van der Waals surface area contributed by atoms with Crippen LogP contribution in [0, 0.1) is 12.3 Å². The Labute approximate surface area is 132 Å². The molecule has 2 N–H and O–H groups in total. The Hall–Kier alpha value is -1.78. The lowest BCUT2D eigenvalue weighted by molar-refractivity contribution is 0.149. The van der Waals surface area contributed by atoms with Crippen LogP contribution in [0.1, 0.15) is 26.7 Å². The van der Waals surface area contributed by atoms with Gasteiger partial charge >= 0.3 is 0 Å². The highest BCUT2D eigenvalue weighted by Gasteiger charge is 2.10. The molecule has 1 heterocycles. The van der Waals surface area contributed by atoms with Crippen molar-refractivity contribution < 1.29 is 4.84 Å². The quantitative estimate of drug-likeness (QED) is 0.533. The predicted octanol–water partition coefficient (Wildman–Crippen LogP) is 1.94. The van der Waals surface area contributed by atoms with Crippen molar-refractivity contribution in [2.24, 2.45) is 0 Å². The normalized spacial score (nSPS) is 9.43. The molecule has 0 unspecified atom stereocenters. The topological polar surface area (TPSA) is 75.2 Å². The third-order valence-electron chi connectivity index (χ3n) is 2.31. The molecule has 7 nitrogen and oxygen atoms in total. The number of terminal acetylenes is 1. The summed E-state index contributed by atoms with van der Waals surface area (Å²) in [6, 6.07) is 0. The van der Waals surface area contributed by atoms with E-state index in [0.29, 0.717) is 17.8 Å². The zero-order chi connectivity index (χ0) is 14.8. The number of halogens is 1. The van der Waals surface area contributed by atoms with Crippen LogP contribution in [0.25, 0.3) is 0 Å². The van der Waals surface area contributed by atoms with E-state index in [0.717, 1.165) is 25.9 Å². The van der Waals surface area contributed by atoms with Gasteiger partial charge in [-0.1, -0.05) is 19.8 Å². The Bertz CT molecular complexity index is 425. The second-order valence-electron chi connectivity index (χ2n) is 4.11. The SMILES string of the molecule is C#CCON(C)c1nc(NCCC)nc(NCCC)n1.Cl. The van der Waals surface area contributed by atoms with Crippen LogP contribution in [0.3, 0.4) is 0 Å². The molecule has 118 valence electrons. The molecule has 0 amide bonds. The second kappa shape index (κ2) is 10.9. The summed E-state index contributed by atoms with van der Waals surface area (Å²) in [4.78, 5) is 18.2. The fraction of sp³-hybridized carbons (Fsp3) is 0.615. The van der Waals surface area contributed by atoms with Crippen LogP contribution in [-0.4, -0.2) is 41.7 Å². The number of rotatable bonds is 9. The van der Waals surface area contributed by atoms with E-state index < -0.39 is 0 Å². The van der Waals surface area contributed by atoms with Gasteiger partial charge in [-0.2, -0.15) is 15.0 Å². The molecular formula is C13H23ClN6O. The van der Waals surface area contributed by atoms with E-state index in [9.17, 15) is 0 Å². The number of hydrogen-bond acceptors (Lipinski definition) is 7. The largest absolute Gasteiger partial charge is 0.354 e. The molecular weight excluding hydrogens is 292 g/mol. The first-order chi connectivity index (χ1) is 9.71. The molecule has 1 aromatic heterocycles. The smallest absolute Gasteiger partial charge is 0.256 e. The zero-order valence-electron chi connectivity index (χ0n) is 12.7. The predicted molar refractivity (Wildman–Crippen MR) is 87.8 cm³/mol. The molecule has 0 radical (unpaired) electrons. The number of nitrogens with zero attached hydrogens (tertiary/aromatic N) is 4. The lowest BCUT2D eigenvalue weighted by atomic mass is 10.5. The molecule has 0 aliphatic heterocycles. The van der Waals surface area contributed by atoms with Gasteiger partial charge in [0.25, 0.3) is 5.95 Å². The average Bonchev–Trinajstić information content (AvgIpc) is 2.48. The average molecular weight is 315 g/mol. The van der Waals surface area contributed by atoms with Crippen LogP contribution < -0.4 is 15.7 Å². The van der Waals surface area contributed by atoms with Crippen LogP contribution in [0.5, 0.6) is 0 Å². The Kier molecular flexibility index (Phi) is 10.0. The van der Waals surface area contributed by atoms with E-state index in [4.69, 9.17) is 11.3 Å². The van der Waals surface area contributed by atoms with Gasteiger partial charge in [0, 0.05) is 20.1 Å². The molecule has 0 fully saturated rings. The molecule has 0 saturated carbocycles. The van der Waals surface area contributed by atoms with Crippen molar-refractivity contribution in [2.75, 3.05) is 42.4 Å². The Morgan fingerprint density at radius 1 is 1.10 bits per heavy atom. The van der Waals surface area contributed by atoms with E-state index >= 15 is 0 Å². The number of hydrogen-bond donors (Lipinski definition) is 2. The summed E-state index contributed by atoms with van der Waals surface area (Å²) in [7, 11) is 1.71. The van der Waals surface area contributed by atoms with E-state index in [1.54, 1.807) is 7.05 Å². The Morgan fingerprint density at radius 2 is 1.62 bits per heavy atom. The lowest BCUT2D eigenvalue weighted by Gasteiger charge is -2.16. The second-order valence-corrected chi connectivity index (χ2v) is 4.11. The number of aromatic nitrogens is 3. The first-order valence-corrected chi connectivity index (χ1v) is 6.75. The fourth-order valence-corrected chi connectivity index (χ4v) is 1.33. The maximum Gasteiger partial charge on any atom is 0.256 e. The van der Waals surface area contributed by atoms with E-state index in [1.807, 2.05) is 0 Å². The Morgan fingerprint density at radius 3 is 2.05 bits per heavy atom. The van der Waals surface area contributed by atoms with Crippen molar-refractivity contribution in [3.05, 3.63) is 0 Å². The van der Waals surface area contributed by atoms with Gasteiger partial charge in [0.15, 0.2) is 0 Å². The first kappa shape index (κ1) is 19.2. The Balaban J connectivity index is 0.00000400. The van der Waals surface area contributed by atoms with Gasteiger partial charge < -0.3 is 10.6 Å². The molecule has 0 aromatic carbocycles. The van der Waals surface area contributed by atoms with Gasteiger partial charge in [-0.05, 0) is 12.8 Å². The van der Waals surface area contributed by atoms with Gasteiger partial charge in [0.2, 0.25) is 11.9 Å². The van der Waals surface area contributed by atoms with Crippen molar-refractivity contribution in [3.8, 4) is 12.3 Å².